The minimum atomic E-state index is -0.639. The molecule has 6 nitrogen and oxygen atoms in total. The molecule has 1 heterocycles. The topological polar surface area (TPSA) is 81.5 Å². The van der Waals surface area contributed by atoms with Crippen molar-refractivity contribution in [1.29, 1.82) is 5.26 Å². The molecule has 1 aliphatic heterocycles. The number of barbiturate groups is 1. The molecule has 0 radical (unpaired) electrons. The second-order valence-electron chi connectivity index (χ2n) is 6.12. The number of hydrogen-bond donors (Lipinski definition) is 0. The van der Waals surface area contributed by atoms with Crippen molar-refractivity contribution in [2.75, 3.05) is 11.5 Å². The maximum atomic E-state index is 13.3. The highest BCUT2D eigenvalue weighted by molar-refractivity contribution is 7.99. The maximum absolute atomic E-state index is 13.3. The molecule has 30 heavy (non-hydrogen) atoms. The standard InChI is InChI=1S/C22H19N3O3S2/c1-3-29-24-20(26)19(21(27)25(22(24)28)30-4-2)18(16-8-6-5-7-9-16)17-12-10-15(14-23)11-13-17/h5-13H,3-4H2,1-2H3. The highest BCUT2D eigenvalue weighted by Crippen LogP contribution is 2.35. The van der Waals surface area contributed by atoms with Crippen LogP contribution < -0.4 is 0 Å². The molecule has 0 unspecified atom stereocenters. The highest BCUT2D eigenvalue weighted by atomic mass is 32.2. The van der Waals surface area contributed by atoms with Gasteiger partial charge in [0.1, 0.15) is 5.57 Å². The zero-order valence-corrected chi connectivity index (χ0v) is 18.1. The van der Waals surface area contributed by atoms with E-state index in [0.29, 0.717) is 33.8 Å². The van der Waals surface area contributed by atoms with E-state index >= 15 is 0 Å². The smallest absolute Gasteiger partial charge is 0.267 e. The van der Waals surface area contributed by atoms with Gasteiger partial charge in [-0.3, -0.25) is 9.59 Å². The van der Waals surface area contributed by atoms with Gasteiger partial charge in [0.2, 0.25) is 0 Å². The minimum Gasteiger partial charge on any atom is -0.267 e. The Morgan fingerprint density at radius 1 is 0.833 bits per heavy atom. The molecular weight excluding hydrogens is 418 g/mol. The Hall–Kier alpha value is -3.02. The lowest BCUT2D eigenvalue weighted by atomic mass is 9.91. The summed E-state index contributed by atoms with van der Waals surface area (Å²) in [6, 6.07) is 17.2. The number of carbonyl (C=O) groups is 3. The Morgan fingerprint density at radius 2 is 1.33 bits per heavy atom. The number of benzene rings is 2. The number of hydrogen-bond acceptors (Lipinski definition) is 6. The maximum Gasteiger partial charge on any atom is 0.354 e. The number of carbonyl (C=O) groups excluding carboxylic acids is 3. The summed E-state index contributed by atoms with van der Waals surface area (Å²) < 4.78 is 2.10. The van der Waals surface area contributed by atoms with Gasteiger partial charge in [0.05, 0.1) is 11.6 Å². The number of urea groups is 1. The molecule has 2 aromatic carbocycles. The molecule has 0 atom stereocenters. The molecule has 0 aromatic heterocycles. The van der Waals surface area contributed by atoms with Gasteiger partial charge in [-0.15, -0.1) is 0 Å². The Morgan fingerprint density at radius 3 is 1.80 bits per heavy atom. The first-order valence-electron chi connectivity index (χ1n) is 9.32. The Bertz CT molecular complexity index is 1010. The van der Waals surface area contributed by atoms with Crippen molar-refractivity contribution >= 4 is 47.3 Å². The molecule has 1 saturated heterocycles. The highest BCUT2D eigenvalue weighted by Gasteiger charge is 2.44. The van der Waals surface area contributed by atoms with Crippen LogP contribution in [0.2, 0.25) is 0 Å². The van der Waals surface area contributed by atoms with E-state index in [4.69, 9.17) is 5.26 Å². The van der Waals surface area contributed by atoms with Gasteiger partial charge in [-0.05, 0) is 47.2 Å². The Balaban J connectivity index is 2.29. The van der Waals surface area contributed by atoms with Crippen molar-refractivity contribution < 1.29 is 14.4 Å². The third kappa shape index (κ3) is 4.13. The first-order chi connectivity index (χ1) is 14.5. The fraction of sp³-hybridized carbons (Fsp3) is 0.182. The fourth-order valence-electron chi connectivity index (χ4n) is 3.02. The summed E-state index contributed by atoms with van der Waals surface area (Å²) in [6.45, 7) is 3.67. The van der Waals surface area contributed by atoms with Gasteiger partial charge in [0.15, 0.2) is 0 Å². The summed E-state index contributed by atoms with van der Waals surface area (Å²) in [5.41, 5.74) is 2.14. The second kappa shape index (κ2) is 9.65. The molecule has 0 spiro atoms. The summed E-state index contributed by atoms with van der Waals surface area (Å²) in [5.74, 6) is -0.261. The summed E-state index contributed by atoms with van der Waals surface area (Å²) >= 11 is 2.13. The van der Waals surface area contributed by atoms with Crippen LogP contribution in [-0.4, -0.2) is 38.0 Å². The molecule has 3 rings (SSSR count). The van der Waals surface area contributed by atoms with E-state index < -0.39 is 17.8 Å². The van der Waals surface area contributed by atoms with E-state index in [-0.39, 0.29) is 5.57 Å². The molecule has 2 aromatic rings. The van der Waals surface area contributed by atoms with Gasteiger partial charge in [-0.2, -0.15) is 13.9 Å². The van der Waals surface area contributed by atoms with Crippen LogP contribution in [0.1, 0.15) is 30.5 Å². The minimum absolute atomic E-state index is 0.0626. The number of nitrogens with zero attached hydrogens (tertiary/aromatic N) is 3. The second-order valence-corrected chi connectivity index (χ2v) is 8.52. The van der Waals surface area contributed by atoms with Gasteiger partial charge in [-0.1, -0.05) is 56.3 Å². The van der Waals surface area contributed by atoms with Crippen LogP contribution in [0.5, 0.6) is 0 Å². The molecule has 0 N–H and O–H groups in total. The average molecular weight is 438 g/mol. The van der Waals surface area contributed by atoms with E-state index in [1.165, 1.54) is 0 Å². The van der Waals surface area contributed by atoms with Crippen LogP contribution in [0.25, 0.3) is 5.57 Å². The fourth-order valence-corrected chi connectivity index (χ4v) is 4.39. The molecule has 4 amide bonds. The van der Waals surface area contributed by atoms with Crippen LogP contribution in [0.4, 0.5) is 4.79 Å². The van der Waals surface area contributed by atoms with Gasteiger partial charge in [0.25, 0.3) is 11.8 Å². The molecular formula is C22H19N3O3S2. The van der Waals surface area contributed by atoms with Gasteiger partial charge in [-0.25, -0.2) is 4.79 Å². The van der Waals surface area contributed by atoms with Crippen molar-refractivity contribution in [2.24, 2.45) is 0 Å². The van der Waals surface area contributed by atoms with Crippen LogP contribution in [0.15, 0.2) is 60.2 Å². The summed E-state index contributed by atoms with van der Waals surface area (Å²) in [6.07, 6.45) is 0. The van der Waals surface area contributed by atoms with Crippen molar-refractivity contribution in [3.63, 3.8) is 0 Å². The van der Waals surface area contributed by atoms with Crippen LogP contribution >= 0.6 is 23.9 Å². The van der Waals surface area contributed by atoms with Crippen molar-refractivity contribution in [3.8, 4) is 6.07 Å². The lowest BCUT2D eigenvalue weighted by molar-refractivity contribution is -0.129. The van der Waals surface area contributed by atoms with Crippen molar-refractivity contribution in [3.05, 3.63) is 76.9 Å². The first kappa shape index (κ1) is 21.7. The van der Waals surface area contributed by atoms with Crippen LogP contribution in [0.3, 0.4) is 0 Å². The van der Waals surface area contributed by atoms with Crippen LogP contribution in [-0.2, 0) is 9.59 Å². The van der Waals surface area contributed by atoms with E-state index in [2.05, 4.69) is 6.07 Å². The van der Waals surface area contributed by atoms with E-state index in [1.807, 2.05) is 44.2 Å². The lowest BCUT2D eigenvalue weighted by Crippen LogP contribution is -2.51. The molecule has 0 bridgehead atoms. The zero-order chi connectivity index (χ0) is 21.7. The van der Waals surface area contributed by atoms with E-state index in [9.17, 15) is 14.4 Å². The first-order valence-corrected chi connectivity index (χ1v) is 11.2. The van der Waals surface area contributed by atoms with Gasteiger partial charge >= 0.3 is 6.03 Å². The predicted octanol–water partition coefficient (Wildman–Crippen LogP) is 4.49. The normalized spacial score (nSPS) is 14.2. The SMILES string of the molecule is CCSN1C(=O)C(=C(c2ccccc2)c2ccc(C#N)cc2)C(=O)N(SCC)C1=O. The van der Waals surface area contributed by atoms with E-state index in [1.54, 1.807) is 24.3 Å². The molecule has 0 saturated carbocycles. The van der Waals surface area contributed by atoms with E-state index in [0.717, 1.165) is 32.5 Å². The Labute approximate surface area is 183 Å². The molecule has 1 fully saturated rings. The zero-order valence-electron chi connectivity index (χ0n) is 16.5. The van der Waals surface area contributed by atoms with Gasteiger partial charge in [0, 0.05) is 17.1 Å². The third-order valence-electron chi connectivity index (χ3n) is 4.28. The van der Waals surface area contributed by atoms with Crippen molar-refractivity contribution in [2.45, 2.75) is 13.8 Å². The molecule has 8 heteroatoms. The molecule has 152 valence electrons. The summed E-state index contributed by atoms with van der Waals surface area (Å²) in [4.78, 5) is 39.4. The molecule has 0 aliphatic carbocycles. The Kier molecular flexibility index (Phi) is 6.98. The van der Waals surface area contributed by atoms with Gasteiger partial charge < -0.3 is 0 Å². The summed E-state index contributed by atoms with van der Waals surface area (Å²) in [5, 5.41) is 9.11. The monoisotopic (exact) mass is 437 g/mol. The average Bonchev–Trinajstić information content (AvgIpc) is 2.78. The van der Waals surface area contributed by atoms with Crippen molar-refractivity contribution in [1.82, 2.24) is 8.61 Å². The number of amides is 4. The lowest BCUT2D eigenvalue weighted by Gasteiger charge is -2.32. The number of imide groups is 2. The largest absolute Gasteiger partial charge is 0.354 e. The predicted molar refractivity (Wildman–Crippen MR) is 119 cm³/mol. The number of nitriles is 1. The number of rotatable bonds is 6. The molecule has 1 aliphatic rings. The quantitative estimate of drug-likeness (QED) is 0.376. The summed E-state index contributed by atoms with van der Waals surface area (Å²) in [7, 11) is 0. The third-order valence-corrected chi connectivity index (χ3v) is 5.95. The van der Waals surface area contributed by atoms with Crippen LogP contribution in [0, 0.1) is 11.3 Å².